The van der Waals surface area contributed by atoms with E-state index in [1.165, 1.54) is 18.2 Å². The minimum Gasteiger partial charge on any atom is -0.206 e. The number of aryl methyl sites for hydroxylation is 3. The fraction of sp³-hybridized carbons (Fsp3) is 0.172. The second-order valence-corrected chi connectivity index (χ2v) is 8.55. The van der Waals surface area contributed by atoms with Gasteiger partial charge in [-0.1, -0.05) is 42.5 Å². The fourth-order valence-corrected chi connectivity index (χ4v) is 4.23. The van der Waals surface area contributed by atoms with Gasteiger partial charge in [0.2, 0.25) is 0 Å². The van der Waals surface area contributed by atoms with Crippen LogP contribution in [0, 0.1) is 23.3 Å². The molecule has 0 fully saturated rings. The highest BCUT2D eigenvalue weighted by atomic mass is 19.4. The van der Waals surface area contributed by atoms with Crippen LogP contribution in [0.2, 0.25) is 0 Å². The number of rotatable bonds is 7. The zero-order chi connectivity index (χ0) is 26.0. The van der Waals surface area contributed by atoms with Gasteiger partial charge in [-0.25, -0.2) is 17.6 Å². The molecule has 36 heavy (non-hydrogen) atoms. The molecule has 0 aliphatic rings. The highest BCUT2D eigenvalue weighted by Crippen LogP contribution is 2.34. The fourth-order valence-electron chi connectivity index (χ4n) is 4.23. The molecule has 0 atom stereocenters. The molecule has 0 unspecified atom stereocenters. The third-order valence-electron chi connectivity index (χ3n) is 6.08. The Hall–Kier alpha value is -3.61. The Balaban J connectivity index is 1.57. The zero-order valence-corrected chi connectivity index (χ0v) is 19.0. The summed E-state index contributed by atoms with van der Waals surface area (Å²) in [5, 5.41) is 0.819. The van der Waals surface area contributed by atoms with Gasteiger partial charge in [-0.2, -0.15) is 13.2 Å². The molecule has 7 heteroatoms. The second-order valence-electron chi connectivity index (χ2n) is 8.55. The zero-order valence-electron chi connectivity index (χ0n) is 19.0. The van der Waals surface area contributed by atoms with Crippen LogP contribution in [0.25, 0.3) is 21.9 Å². The SMILES string of the molecule is C=CCCc1ccc(-c2ccc3c(F)c(CCc4cc(F)c(C(F)(F)F)c(F)c4)ccc3c2)c(F)c1. The topological polar surface area (TPSA) is 0 Å². The predicted molar refractivity (Wildman–Crippen MR) is 127 cm³/mol. The first kappa shape index (κ1) is 25.5. The van der Waals surface area contributed by atoms with E-state index >= 15 is 4.39 Å². The van der Waals surface area contributed by atoms with Crippen LogP contribution in [0.15, 0.2) is 73.3 Å². The van der Waals surface area contributed by atoms with Crippen molar-refractivity contribution in [3.05, 3.63) is 119 Å². The second kappa shape index (κ2) is 10.2. The molecule has 0 aromatic heterocycles. The first-order valence-corrected chi connectivity index (χ1v) is 11.2. The molecule has 0 nitrogen and oxygen atoms in total. The van der Waals surface area contributed by atoms with E-state index in [4.69, 9.17) is 0 Å². The van der Waals surface area contributed by atoms with Gasteiger partial charge in [-0.3, -0.25) is 0 Å². The molecule has 0 heterocycles. The summed E-state index contributed by atoms with van der Waals surface area (Å²) in [4.78, 5) is 0. The Bertz CT molecular complexity index is 1410. The first-order valence-electron chi connectivity index (χ1n) is 11.2. The van der Waals surface area contributed by atoms with Crippen LogP contribution in [0.3, 0.4) is 0 Å². The lowest BCUT2D eigenvalue weighted by Gasteiger charge is -2.12. The van der Waals surface area contributed by atoms with Crippen molar-refractivity contribution < 1.29 is 30.7 Å². The first-order chi connectivity index (χ1) is 17.1. The van der Waals surface area contributed by atoms with E-state index in [2.05, 4.69) is 6.58 Å². The number of hydrogen-bond acceptors (Lipinski definition) is 0. The smallest absolute Gasteiger partial charge is 0.206 e. The molecule has 0 saturated carbocycles. The number of allylic oxidation sites excluding steroid dienone is 1. The van der Waals surface area contributed by atoms with Crippen molar-refractivity contribution in [3.8, 4) is 11.1 Å². The van der Waals surface area contributed by atoms with Gasteiger partial charge in [0, 0.05) is 10.9 Å². The number of hydrogen-bond donors (Lipinski definition) is 0. The van der Waals surface area contributed by atoms with Crippen LogP contribution < -0.4 is 0 Å². The number of fused-ring (bicyclic) bond motifs is 1. The number of halogens is 7. The molecular weight excluding hydrogens is 481 g/mol. The Morgan fingerprint density at radius 2 is 1.39 bits per heavy atom. The van der Waals surface area contributed by atoms with E-state index in [0.29, 0.717) is 35.1 Å². The Kier molecular flexibility index (Phi) is 7.20. The van der Waals surface area contributed by atoms with Gasteiger partial charge in [0.1, 0.15) is 28.8 Å². The van der Waals surface area contributed by atoms with Gasteiger partial charge in [-0.15, -0.1) is 6.58 Å². The maximum absolute atomic E-state index is 15.2. The van der Waals surface area contributed by atoms with Crippen LogP contribution in [-0.4, -0.2) is 0 Å². The van der Waals surface area contributed by atoms with Crippen LogP contribution in [0.5, 0.6) is 0 Å². The van der Waals surface area contributed by atoms with Gasteiger partial charge in [0.05, 0.1) is 0 Å². The van der Waals surface area contributed by atoms with E-state index in [1.54, 1.807) is 30.3 Å². The minimum absolute atomic E-state index is 0.0140. The van der Waals surface area contributed by atoms with E-state index < -0.39 is 29.2 Å². The normalized spacial score (nSPS) is 11.8. The maximum Gasteiger partial charge on any atom is 0.422 e. The molecule has 0 saturated heterocycles. The van der Waals surface area contributed by atoms with E-state index in [0.717, 1.165) is 12.0 Å². The lowest BCUT2D eigenvalue weighted by molar-refractivity contribution is -0.142. The molecule has 0 N–H and O–H groups in total. The molecule has 0 amide bonds. The van der Waals surface area contributed by atoms with E-state index in [1.807, 2.05) is 6.07 Å². The van der Waals surface area contributed by atoms with Crippen LogP contribution >= 0.6 is 0 Å². The van der Waals surface area contributed by atoms with E-state index in [-0.39, 0.29) is 35.2 Å². The summed E-state index contributed by atoms with van der Waals surface area (Å²) >= 11 is 0. The molecule has 0 spiro atoms. The molecular formula is C29H21F7. The lowest BCUT2D eigenvalue weighted by atomic mass is 9.96. The van der Waals surface area contributed by atoms with Gasteiger partial charge >= 0.3 is 6.18 Å². The Morgan fingerprint density at radius 3 is 2.03 bits per heavy atom. The van der Waals surface area contributed by atoms with Gasteiger partial charge in [0.15, 0.2) is 0 Å². The van der Waals surface area contributed by atoms with Crippen molar-refractivity contribution in [2.45, 2.75) is 31.9 Å². The summed E-state index contributed by atoms with van der Waals surface area (Å²) in [6.07, 6.45) is -2.01. The summed E-state index contributed by atoms with van der Waals surface area (Å²) in [6.45, 7) is 3.66. The highest BCUT2D eigenvalue weighted by molar-refractivity contribution is 5.88. The molecule has 4 aromatic carbocycles. The summed E-state index contributed by atoms with van der Waals surface area (Å²) in [5.41, 5.74) is 0.101. The van der Waals surface area contributed by atoms with Crippen LogP contribution in [0.4, 0.5) is 30.7 Å². The third-order valence-corrected chi connectivity index (χ3v) is 6.08. The minimum atomic E-state index is -5.15. The van der Waals surface area contributed by atoms with Gasteiger partial charge in [0.25, 0.3) is 0 Å². The number of alkyl halides is 3. The standard InChI is InChI=1S/C29H21F7/c1-2-3-4-17-6-11-22(24(30)13-17)20-10-12-23-21(16-20)9-8-19(28(23)33)7-5-18-14-25(31)27(26(32)15-18)29(34,35)36/h2,6,8-16H,1,3-5,7H2. The third kappa shape index (κ3) is 5.30. The number of benzene rings is 4. The molecule has 0 bridgehead atoms. The molecule has 0 aliphatic heterocycles. The maximum atomic E-state index is 15.2. The molecule has 4 aromatic rings. The Labute approximate surface area is 203 Å². The highest BCUT2D eigenvalue weighted by Gasteiger charge is 2.37. The summed E-state index contributed by atoms with van der Waals surface area (Å²) in [6, 6.07) is 14.2. The largest absolute Gasteiger partial charge is 0.422 e. The predicted octanol–water partition coefficient (Wildman–Crippen LogP) is 8.99. The van der Waals surface area contributed by atoms with Gasteiger partial charge < -0.3 is 0 Å². The van der Waals surface area contributed by atoms with Gasteiger partial charge in [-0.05, 0) is 77.6 Å². The van der Waals surface area contributed by atoms with Crippen molar-refractivity contribution in [3.63, 3.8) is 0 Å². The van der Waals surface area contributed by atoms with Crippen molar-refractivity contribution in [2.75, 3.05) is 0 Å². The molecule has 0 aliphatic carbocycles. The van der Waals surface area contributed by atoms with Crippen LogP contribution in [0.1, 0.15) is 28.7 Å². The van der Waals surface area contributed by atoms with Crippen molar-refractivity contribution in [1.29, 1.82) is 0 Å². The monoisotopic (exact) mass is 502 g/mol. The molecule has 0 radical (unpaired) electrons. The molecule has 186 valence electrons. The van der Waals surface area contributed by atoms with Crippen molar-refractivity contribution in [2.24, 2.45) is 0 Å². The average Bonchev–Trinajstić information content (AvgIpc) is 2.81. The summed E-state index contributed by atoms with van der Waals surface area (Å²) in [7, 11) is 0. The van der Waals surface area contributed by atoms with E-state index in [9.17, 15) is 26.3 Å². The Morgan fingerprint density at radius 1 is 0.694 bits per heavy atom. The quantitative estimate of drug-likeness (QED) is 0.175. The van der Waals surface area contributed by atoms with Crippen molar-refractivity contribution in [1.82, 2.24) is 0 Å². The van der Waals surface area contributed by atoms with Crippen LogP contribution in [-0.2, 0) is 25.4 Å². The average molecular weight is 502 g/mol. The summed E-state index contributed by atoms with van der Waals surface area (Å²) in [5.74, 6) is -4.34. The van der Waals surface area contributed by atoms with Crippen molar-refractivity contribution >= 4 is 10.8 Å². The molecule has 4 rings (SSSR count). The summed E-state index contributed by atoms with van der Waals surface area (Å²) < 4.78 is 95.8. The lowest BCUT2D eigenvalue weighted by Crippen LogP contribution is -2.12.